The third-order valence-corrected chi connectivity index (χ3v) is 3.73. The Balaban J connectivity index is 2.34. The van der Waals surface area contributed by atoms with Crippen molar-refractivity contribution in [2.45, 2.75) is 12.8 Å². The quantitative estimate of drug-likeness (QED) is 0.811. The van der Waals surface area contributed by atoms with Crippen molar-refractivity contribution in [3.8, 4) is 0 Å². The van der Waals surface area contributed by atoms with Gasteiger partial charge in [-0.1, -0.05) is 11.6 Å². The number of halogens is 2. The lowest BCUT2D eigenvalue weighted by Gasteiger charge is -2.09. The molecule has 0 aliphatic heterocycles. The predicted octanol–water partition coefficient (Wildman–Crippen LogP) is 3.17. The number of carbonyl (C=O) groups excluding carboxylic acids is 1. The highest BCUT2D eigenvalue weighted by Crippen LogP contribution is 2.23. The van der Waals surface area contributed by atoms with Gasteiger partial charge in [0.2, 0.25) is 0 Å². The van der Waals surface area contributed by atoms with Crippen molar-refractivity contribution in [2.75, 3.05) is 27.2 Å². The van der Waals surface area contributed by atoms with Gasteiger partial charge in [-0.05, 0) is 67.6 Å². The Hall–Kier alpha value is -0.580. The molecule has 0 spiro atoms. The van der Waals surface area contributed by atoms with Crippen LogP contribution in [0.4, 0.5) is 0 Å². The molecule has 0 fully saturated rings. The summed E-state index contributed by atoms with van der Waals surface area (Å²) in [5.41, 5.74) is 0.593. The van der Waals surface area contributed by atoms with Crippen molar-refractivity contribution in [3.63, 3.8) is 0 Å². The third-order valence-electron chi connectivity index (χ3n) is 2.50. The molecule has 0 aliphatic rings. The summed E-state index contributed by atoms with van der Waals surface area (Å²) in [4.78, 5) is 13.9. The van der Waals surface area contributed by atoms with E-state index in [1.54, 1.807) is 18.2 Å². The Morgan fingerprint density at radius 1 is 1.39 bits per heavy atom. The number of amides is 1. The van der Waals surface area contributed by atoms with Gasteiger partial charge in [0.25, 0.3) is 5.91 Å². The number of hydrogen-bond acceptors (Lipinski definition) is 2. The monoisotopic (exact) mass is 332 g/mol. The van der Waals surface area contributed by atoms with Gasteiger partial charge in [-0.3, -0.25) is 4.79 Å². The van der Waals surface area contributed by atoms with E-state index < -0.39 is 0 Å². The summed E-state index contributed by atoms with van der Waals surface area (Å²) >= 11 is 9.24. The molecule has 1 aromatic rings. The van der Waals surface area contributed by atoms with Crippen molar-refractivity contribution in [1.82, 2.24) is 10.2 Å². The molecule has 1 aromatic carbocycles. The molecule has 0 bridgehead atoms. The second-order valence-electron chi connectivity index (χ2n) is 4.40. The van der Waals surface area contributed by atoms with Crippen LogP contribution in [0.15, 0.2) is 22.7 Å². The van der Waals surface area contributed by atoms with Crippen LogP contribution in [-0.4, -0.2) is 38.0 Å². The van der Waals surface area contributed by atoms with Gasteiger partial charge in [-0.15, -0.1) is 0 Å². The Morgan fingerprint density at radius 2 is 2.11 bits per heavy atom. The molecule has 1 N–H and O–H groups in total. The Bertz CT molecular complexity index is 410. The van der Waals surface area contributed by atoms with E-state index in [-0.39, 0.29) is 5.91 Å². The van der Waals surface area contributed by atoms with Gasteiger partial charge in [0.1, 0.15) is 0 Å². The summed E-state index contributed by atoms with van der Waals surface area (Å²) in [7, 11) is 4.09. The van der Waals surface area contributed by atoms with Crippen molar-refractivity contribution < 1.29 is 4.79 Å². The zero-order valence-corrected chi connectivity index (χ0v) is 13.0. The highest BCUT2D eigenvalue weighted by atomic mass is 79.9. The molecule has 3 nitrogen and oxygen atoms in total. The van der Waals surface area contributed by atoms with Crippen molar-refractivity contribution in [2.24, 2.45) is 0 Å². The van der Waals surface area contributed by atoms with Crippen LogP contribution in [0.3, 0.4) is 0 Å². The minimum Gasteiger partial charge on any atom is -0.352 e. The Kier molecular flexibility index (Phi) is 6.68. The smallest absolute Gasteiger partial charge is 0.251 e. The zero-order chi connectivity index (χ0) is 13.5. The normalized spacial score (nSPS) is 10.7. The van der Waals surface area contributed by atoms with E-state index in [1.807, 2.05) is 14.1 Å². The molecule has 0 unspecified atom stereocenters. The van der Waals surface area contributed by atoms with Crippen LogP contribution < -0.4 is 5.32 Å². The first-order valence-corrected chi connectivity index (χ1v) is 7.06. The van der Waals surface area contributed by atoms with Crippen molar-refractivity contribution in [1.29, 1.82) is 0 Å². The van der Waals surface area contributed by atoms with E-state index in [0.29, 0.717) is 17.1 Å². The molecule has 5 heteroatoms. The fourth-order valence-corrected chi connectivity index (χ4v) is 1.92. The minimum absolute atomic E-state index is 0.0748. The summed E-state index contributed by atoms with van der Waals surface area (Å²) in [6.45, 7) is 1.74. The number of rotatable bonds is 6. The van der Waals surface area contributed by atoms with Gasteiger partial charge in [0.05, 0.1) is 5.02 Å². The van der Waals surface area contributed by atoms with Crippen LogP contribution >= 0.6 is 27.5 Å². The van der Waals surface area contributed by atoms with Crippen LogP contribution in [-0.2, 0) is 0 Å². The second kappa shape index (κ2) is 7.77. The first-order valence-electron chi connectivity index (χ1n) is 5.88. The zero-order valence-electron chi connectivity index (χ0n) is 10.7. The summed E-state index contributed by atoms with van der Waals surface area (Å²) in [5.74, 6) is -0.0748. The standard InChI is InChI=1S/C13H18BrClN2O/c1-17(2)8-4-3-7-16-13(18)10-5-6-11(14)12(15)9-10/h5-6,9H,3-4,7-8H2,1-2H3,(H,16,18). The summed E-state index contributed by atoms with van der Waals surface area (Å²) in [6.07, 6.45) is 2.06. The fourth-order valence-electron chi connectivity index (χ4n) is 1.49. The summed E-state index contributed by atoms with van der Waals surface area (Å²) < 4.78 is 0.798. The molecule has 0 heterocycles. The lowest BCUT2D eigenvalue weighted by Crippen LogP contribution is -2.25. The maximum absolute atomic E-state index is 11.8. The highest BCUT2D eigenvalue weighted by molar-refractivity contribution is 9.10. The number of nitrogens with zero attached hydrogens (tertiary/aromatic N) is 1. The van der Waals surface area contributed by atoms with E-state index in [4.69, 9.17) is 11.6 Å². The number of nitrogens with one attached hydrogen (secondary N) is 1. The maximum atomic E-state index is 11.8. The molecular weight excluding hydrogens is 316 g/mol. The molecule has 0 saturated heterocycles. The van der Waals surface area contributed by atoms with Gasteiger partial charge < -0.3 is 10.2 Å². The van der Waals surface area contributed by atoms with Crippen molar-refractivity contribution >= 4 is 33.4 Å². The highest BCUT2D eigenvalue weighted by Gasteiger charge is 2.06. The first kappa shape index (κ1) is 15.5. The SMILES string of the molecule is CN(C)CCCCNC(=O)c1ccc(Br)c(Cl)c1. The molecule has 18 heavy (non-hydrogen) atoms. The molecular formula is C13H18BrClN2O. The number of hydrogen-bond donors (Lipinski definition) is 1. The van der Waals surface area contributed by atoms with Gasteiger partial charge >= 0.3 is 0 Å². The molecule has 0 atom stereocenters. The second-order valence-corrected chi connectivity index (χ2v) is 5.66. The minimum atomic E-state index is -0.0748. The molecule has 1 amide bonds. The topological polar surface area (TPSA) is 32.3 Å². The van der Waals surface area contributed by atoms with Crippen LogP contribution in [0, 0.1) is 0 Å². The Labute approximate surface area is 122 Å². The summed E-state index contributed by atoms with van der Waals surface area (Å²) in [6, 6.07) is 5.20. The average Bonchev–Trinajstić information content (AvgIpc) is 2.31. The molecule has 1 rings (SSSR count). The molecule has 0 radical (unpaired) electrons. The number of benzene rings is 1. The van der Waals surface area contributed by atoms with E-state index >= 15 is 0 Å². The van der Waals surface area contributed by atoms with Gasteiger partial charge in [-0.2, -0.15) is 0 Å². The van der Waals surface area contributed by atoms with Crippen molar-refractivity contribution in [3.05, 3.63) is 33.3 Å². The van der Waals surface area contributed by atoms with Crippen LogP contribution in [0.5, 0.6) is 0 Å². The van der Waals surface area contributed by atoms with E-state index in [0.717, 1.165) is 23.9 Å². The predicted molar refractivity (Wildman–Crippen MR) is 79.3 cm³/mol. The van der Waals surface area contributed by atoms with Crippen LogP contribution in [0.25, 0.3) is 0 Å². The van der Waals surface area contributed by atoms with Gasteiger partial charge in [-0.25, -0.2) is 0 Å². The first-order chi connectivity index (χ1) is 8.50. The van der Waals surface area contributed by atoms with E-state index in [2.05, 4.69) is 26.1 Å². The van der Waals surface area contributed by atoms with E-state index in [9.17, 15) is 4.79 Å². The lowest BCUT2D eigenvalue weighted by molar-refractivity contribution is 0.0953. The van der Waals surface area contributed by atoms with E-state index in [1.165, 1.54) is 0 Å². The van der Waals surface area contributed by atoms with Crippen LogP contribution in [0.2, 0.25) is 5.02 Å². The Morgan fingerprint density at radius 3 is 2.72 bits per heavy atom. The molecule has 0 aromatic heterocycles. The summed E-state index contributed by atoms with van der Waals surface area (Å²) in [5, 5.41) is 3.44. The largest absolute Gasteiger partial charge is 0.352 e. The van der Waals surface area contributed by atoms with Gasteiger partial charge in [0.15, 0.2) is 0 Å². The third kappa shape index (κ3) is 5.38. The molecule has 100 valence electrons. The lowest BCUT2D eigenvalue weighted by atomic mass is 10.2. The fraction of sp³-hybridized carbons (Fsp3) is 0.462. The molecule has 0 saturated carbocycles. The number of carbonyl (C=O) groups is 1. The van der Waals surface area contributed by atoms with Gasteiger partial charge in [0, 0.05) is 16.6 Å². The maximum Gasteiger partial charge on any atom is 0.251 e. The molecule has 0 aliphatic carbocycles. The van der Waals surface area contributed by atoms with Crippen LogP contribution in [0.1, 0.15) is 23.2 Å². The number of unbranched alkanes of at least 4 members (excludes halogenated alkanes) is 1. The average molecular weight is 334 g/mol.